The van der Waals surface area contributed by atoms with Crippen molar-refractivity contribution in [3.8, 4) is 28.2 Å². The molecule has 9 heteroatoms. The molecular formula is C32H28FN3O5. The minimum absolute atomic E-state index is 0.282. The molecule has 6 rings (SSSR count). The van der Waals surface area contributed by atoms with Crippen LogP contribution in [0.1, 0.15) is 50.6 Å². The summed E-state index contributed by atoms with van der Waals surface area (Å²) in [4.78, 5) is 26.6. The third-order valence-electron chi connectivity index (χ3n) is 7.57. The number of amides is 2. The fourth-order valence-electron chi connectivity index (χ4n) is 5.21. The van der Waals surface area contributed by atoms with E-state index in [2.05, 4.69) is 15.8 Å². The van der Waals surface area contributed by atoms with Gasteiger partial charge < -0.3 is 24.3 Å². The number of hydrogen-bond donors (Lipinski definition) is 2. The zero-order valence-corrected chi connectivity index (χ0v) is 23.1. The molecule has 2 heterocycles. The van der Waals surface area contributed by atoms with E-state index >= 15 is 0 Å². The lowest BCUT2D eigenvalue weighted by atomic mass is 9.95. The molecule has 0 spiro atoms. The van der Waals surface area contributed by atoms with E-state index < -0.39 is 5.54 Å². The predicted molar refractivity (Wildman–Crippen MR) is 151 cm³/mol. The predicted octanol–water partition coefficient (Wildman–Crippen LogP) is 6.30. The molecule has 0 aliphatic heterocycles. The van der Waals surface area contributed by atoms with Crippen molar-refractivity contribution in [2.45, 2.75) is 32.2 Å². The van der Waals surface area contributed by atoms with Gasteiger partial charge in [0.05, 0.1) is 23.8 Å². The third-order valence-corrected chi connectivity index (χ3v) is 7.57. The quantitative estimate of drug-likeness (QED) is 0.245. The highest BCUT2D eigenvalue weighted by atomic mass is 19.1. The van der Waals surface area contributed by atoms with Crippen molar-refractivity contribution >= 4 is 22.8 Å². The van der Waals surface area contributed by atoms with Gasteiger partial charge in [-0.3, -0.25) is 9.59 Å². The average Bonchev–Trinajstić information content (AvgIpc) is 3.44. The van der Waals surface area contributed by atoms with Crippen LogP contribution in [0.3, 0.4) is 0 Å². The summed E-state index contributed by atoms with van der Waals surface area (Å²) in [7, 11) is 3.08. The fraction of sp³-hybridized carbons (Fsp3) is 0.219. The number of methoxy groups -OCH3 is 1. The first-order valence-electron chi connectivity index (χ1n) is 13.2. The molecule has 41 heavy (non-hydrogen) atoms. The molecule has 0 saturated heterocycles. The summed E-state index contributed by atoms with van der Waals surface area (Å²) < 4.78 is 30.5. The highest BCUT2D eigenvalue weighted by molar-refractivity contribution is 6.12. The molecule has 3 aromatic carbocycles. The molecule has 1 saturated carbocycles. The van der Waals surface area contributed by atoms with Crippen molar-refractivity contribution in [3.05, 3.63) is 94.6 Å². The Morgan fingerprint density at radius 3 is 2.34 bits per heavy atom. The molecule has 0 atom stereocenters. The summed E-state index contributed by atoms with van der Waals surface area (Å²) in [6.45, 7) is 3.75. The number of nitrogens with zero attached hydrogens (tertiary/aromatic N) is 1. The first-order chi connectivity index (χ1) is 19.7. The number of aryl methyl sites for hydroxylation is 2. The van der Waals surface area contributed by atoms with Gasteiger partial charge in [0.2, 0.25) is 0 Å². The highest BCUT2D eigenvalue weighted by Crippen LogP contribution is 2.46. The molecule has 0 radical (unpaired) electrons. The van der Waals surface area contributed by atoms with Gasteiger partial charge in [0, 0.05) is 24.1 Å². The van der Waals surface area contributed by atoms with Crippen LogP contribution in [0.25, 0.3) is 33.4 Å². The summed E-state index contributed by atoms with van der Waals surface area (Å²) in [6, 6.07) is 16.8. The molecule has 0 bridgehead atoms. The van der Waals surface area contributed by atoms with E-state index in [0.29, 0.717) is 50.6 Å². The van der Waals surface area contributed by atoms with E-state index in [1.807, 2.05) is 38.1 Å². The Labute approximate surface area is 235 Å². The summed E-state index contributed by atoms with van der Waals surface area (Å²) in [5, 5.41) is 10.5. The molecule has 2 aromatic heterocycles. The third kappa shape index (κ3) is 4.63. The van der Waals surface area contributed by atoms with Crippen LogP contribution in [-0.2, 0) is 5.54 Å². The van der Waals surface area contributed by atoms with Crippen molar-refractivity contribution in [1.29, 1.82) is 0 Å². The molecule has 2 N–H and O–H groups in total. The number of carbonyl (C=O) groups is 2. The summed E-state index contributed by atoms with van der Waals surface area (Å²) in [5.74, 6) is 0.488. The van der Waals surface area contributed by atoms with Gasteiger partial charge in [-0.2, -0.15) is 0 Å². The van der Waals surface area contributed by atoms with E-state index in [1.54, 1.807) is 31.3 Å². The second-order valence-corrected chi connectivity index (χ2v) is 10.3. The Hall–Kier alpha value is -4.92. The van der Waals surface area contributed by atoms with Gasteiger partial charge in [0.15, 0.2) is 0 Å². The van der Waals surface area contributed by atoms with Crippen LogP contribution in [-0.4, -0.2) is 31.1 Å². The number of furan rings is 1. The maximum Gasteiger partial charge on any atom is 0.255 e. The van der Waals surface area contributed by atoms with Gasteiger partial charge in [-0.15, -0.1) is 0 Å². The SMILES string of the molecule is CNC(=O)c1c(-c2ccc(F)cc2)oc2ccc(-c3cc(C(=O)NC4(c5cc(C)on5)CC4)c(OC)cc3C)cc12. The minimum atomic E-state index is -0.556. The summed E-state index contributed by atoms with van der Waals surface area (Å²) >= 11 is 0. The zero-order valence-electron chi connectivity index (χ0n) is 23.1. The van der Waals surface area contributed by atoms with Crippen molar-refractivity contribution in [2.24, 2.45) is 0 Å². The van der Waals surface area contributed by atoms with E-state index in [0.717, 1.165) is 29.5 Å². The van der Waals surface area contributed by atoms with Gasteiger partial charge in [-0.1, -0.05) is 11.2 Å². The number of fused-ring (bicyclic) bond motifs is 1. The van der Waals surface area contributed by atoms with Crippen LogP contribution in [0.15, 0.2) is 69.6 Å². The molecule has 0 unspecified atom stereocenters. The standard InChI is InChI=1S/C32H28FN3O5/c1-17-13-26(39-4)24(30(37)35-32(11-12-32)27-14-18(2)41-36-27)16-22(17)20-7-10-25-23(15-20)28(31(38)34-3)29(40-25)19-5-8-21(33)9-6-19/h5-10,13-16H,11-12H2,1-4H3,(H,34,38)(H,35,37). The number of nitrogens with one attached hydrogen (secondary N) is 2. The molecular weight excluding hydrogens is 525 g/mol. The van der Waals surface area contributed by atoms with E-state index in [9.17, 15) is 14.0 Å². The first-order valence-corrected chi connectivity index (χ1v) is 13.2. The van der Waals surface area contributed by atoms with E-state index in [1.165, 1.54) is 19.2 Å². The van der Waals surface area contributed by atoms with Crippen LogP contribution < -0.4 is 15.4 Å². The Bertz CT molecular complexity index is 1820. The Morgan fingerprint density at radius 1 is 0.976 bits per heavy atom. The maximum absolute atomic E-state index is 13.6. The number of hydrogen-bond acceptors (Lipinski definition) is 6. The van der Waals surface area contributed by atoms with Gasteiger partial charge in [-0.25, -0.2) is 4.39 Å². The molecule has 5 aromatic rings. The lowest BCUT2D eigenvalue weighted by Crippen LogP contribution is -2.35. The molecule has 1 fully saturated rings. The molecule has 8 nitrogen and oxygen atoms in total. The highest BCUT2D eigenvalue weighted by Gasteiger charge is 2.48. The lowest BCUT2D eigenvalue weighted by Gasteiger charge is -2.18. The lowest BCUT2D eigenvalue weighted by molar-refractivity contribution is 0.0924. The average molecular weight is 554 g/mol. The Kier molecular flexibility index (Phi) is 6.37. The second-order valence-electron chi connectivity index (χ2n) is 10.3. The monoisotopic (exact) mass is 553 g/mol. The first kappa shape index (κ1) is 26.3. The second kappa shape index (κ2) is 9.92. The summed E-state index contributed by atoms with van der Waals surface area (Å²) in [5.41, 5.74) is 4.44. The van der Waals surface area contributed by atoms with Gasteiger partial charge in [0.25, 0.3) is 11.8 Å². The van der Waals surface area contributed by atoms with Crippen molar-refractivity contribution < 1.29 is 27.7 Å². The number of benzene rings is 3. The zero-order chi connectivity index (χ0) is 28.9. The fourth-order valence-corrected chi connectivity index (χ4v) is 5.21. The van der Waals surface area contributed by atoms with Gasteiger partial charge in [0.1, 0.15) is 34.4 Å². The topological polar surface area (TPSA) is 107 Å². The molecule has 1 aliphatic carbocycles. The van der Waals surface area contributed by atoms with E-state index in [-0.39, 0.29) is 17.6 Å². The summed E-state index contributed by atoms with van der Waals surface area (Å²) in [6.07, 6.45) is 1.53. The number of carbonyl (C=O) groups excluding carboxylic acids is 2. The normalized spacial score (nSPS) is 13.7. The van der Waals surface area contributed by atoms with Crippen LogP contribution >= 0.6 is 0 Å². The Morgan fingerprint density at radius 2 is 1.71 bits per heavy atom. The van der Waals surface area contributed by atoms with Crippen LogP contribution in [0.2, 0.25) is 0 Å². The van der Waals surface area contributed by atoms with E-state index in [4.69, 9.17) is 13.7 Å². The number of ether oxygens (including phenoxy) is 1. The Balaban J connectivity index is 1.43. The molecule has 208 valence electrons. The minimum Gasteiger partial charge on any atom is -0.496 e. The number of halogens is 1. The van der Waals surface area contributed by atoms with Gasteiger partial charge >= 0.3 is 0 Å². The number of rotatable bonds is 7. The molecule has 2 amide bonds. The largest absolute Gasteiger partial charge is 0.496 e. The van der Waals surface area contributed by atoms with Crippen molar-refractivity contribution in [2.75, 3.05) is 14.2 Å². The smallest absolute Gasteiger partial charge is 0.255 e. The van der Waals surface area contributed by atoms with Crippen LogP contribution in [0, 0.1) is 19.7 Å². The van der Waals surface area contributed by atoms with Crippen LogP contribution in [0.5, 0.6) is 5.75 Å². The number of aromatic nitrogens is 1. The maximum atomic E-state index is 13.6. The van der Waals surface area contributed by atoms with Crippen LogP contribution in [0.4, 0.5) is 4.39 Å². The van der Waals surface area contributed by atoms with Crippen molar-refractivity contribution in [3.63, 3.8) is 0 Å². The van der Waals surface area contributed by atoms with Gasteiger partial charge in [-0.05, 0) is 91.9 Å². The van der Waals surface area contributed by atoms with Crippen molar-refractivity contribution in [1.82, 2.24) is 15.8 Å². The molecule has 1 aliphatic rings.